The number of benzene rings is 1. The summed E-state index contributed by atoms with van der Waals surface area (Å²) in [4.78, 5) is 0.0694. The Morgan fingerprint density at radius 2 is 2.00 bits per heavy atom. The van der Waals surface area contributed by atoms with Gasteiger partial charge in [-0.05, 0) is 17.9 Å². The number of rotatable bonds is 2. The number of thioether (sulfide) groups is 1. The lowest BCUT2D eigenvalue weighted by molar-refractivity contribution is -0.140. The third kappa shape index (κ3) is 2.35. The van der Waals surface area contributed by atoms with Gasteiger partial charge in [-0.25, -0.2) is 0 Å². The van der Waals surface area contributed by atoms with E-state index >= 15 is 0 Å². The van der Waals surface area contributed by atoms with Crippen molar-refractivity contribution >= 4 is 11.8 Å². The Labute approximate surface area is 83.9 Å². The van der Waals surface area contributed by atoms with Crippen molar-refractivity contribution in [2.45, 2.75) is 18.0 Å². The van der Waals surface area contributed by atoms with Gasteiger partial charge in [0.2, 0.25) is 0 Å². The van der Waals surface area contributed by atoms with Crippen LogP contribution in [0.2, 0.25) is 0 Å². The van der Waals surface area contributed by atoms with Crippen molar-refractivity contribution < 1.29 is 18.3 Å². The molecule has 0 radical (unpaired) electrons. The first kappa shape index (κ1) is 11.2. The third-order valence-electron chi connectivity index (χ3n) is 1.59. The second kappa shape index (κ2) is 4.13. The summed E-state index contributed by atoms with van der Waals surface area (Å²) in [5.74, 6) is -0.178. The largest absolute Gasteiger partial charge is 0.507 e. The Kier molecular flexibility index (Phi) is 3.31. The maximum absolute atomic E-state index is 12.5. The van der Waals surface area contributed by atoms with Gasteiger partial charge in [-0.1, -0.05) is 13.0 Å². The number of phenolic OH excluding ortho intramolecular Hbond substituents is 1. The number of halogens is 3. The van der Waals surface area contributed by atoms with Crippen molar-refractivity contribution in [1.82, 2.24) is 0 Å². The molecule has 1 nitrogen and oxygen atoms in total. The standard InChI is InChI=1S/C9H9F3OS/c1-2-14-7-5-3-4-6(13)8(7)9(10,11)12/h3-5,13H,2H2,1H3. The number of alkyl halides is 3. The van der Waals surface area contributed by atoms with Crippen LogP contribution < -0.4 is 0 Å². The molecule has 0 heterocycles. The van der Waals surface area contributed by atoms with Crippen LogP contribution in [-0.4, -0.2) is 10.9 Å². The summed E-state index contributed by atoms with van der Waals surface area (Å²) in [5, 5.41) is 9.12. The highest BCUT2D eigenvalue weighted by Gasteiger charge is 2.36. The summed E-state index contributed by atoms with van der Waals surface area (Å²) in [6.45, 7) is 1.76. The summed E-state index contributed by atoms with van der Waals surface area (Å²) >= 11 is 1.06. The van der Waals surface area contributed by atoms with Gasteiger partial charge in [0.05, 0.1) is 0 Å². The normalized spacial score (nSPS) is 11.7. The molecule has 0 amide bonds. The van der Waals surface area contributed by atoms with Crippen molar-refractivity contribution in [3.05, 3.63) is 23.8 Å². The van der Waals surface area contributed by atoms with Crippen molar-refractivity contribution in [2.75, 3.05) is 5.75 Å². The number of hydrogen-bond acceptors (Lipinski definition) is 2. The summed E-state index contributed by atoms with van der Waals surface area (Å²) < 4.78 is 37.4. The average molecular weight is 222 g/mol. The van der Waals surface area contributed by atoms with Gasteiger partial charge in [-0.3, -0.25) is 0 Å². The van der Waals surface area contributed by atoms with E-state index in [1.54, 1.807) is 6.92 Å². The molecule has 0 saturated heterocycles. The molecule has 0 spiro atoms. The lowest BCUT2D eigenvalue weighted by atomic mass is 10.2. The van der Waals surface area contributed by atoms with Crippen molar-refractivity contribution in [3.8, 4) is 5.75 Å². The first-order chi connectivity index (χ1) is 6.46. The molecule has 0 aliphatic carbocycles. The molecule has 78 valence electrons. The maximum Gasteiger partial charge on any atom is 0.421 e. The van der Waals surface area contributed by atoms with Gasteiger partial charge in [0.25, 0.3) is 0 Å². The summed E-state index contributed by atoms with van der Waals surface area (Å²) in [5.41, 5.74) is -0.938. The summed E-state index contributed by atoms with van der Waals surface area (Å²) in [7, 11) is 0. The maximum atomic E-state index is 12.5. The Bertz CT molecular complexity index is 322. The minimum atomic E-state index is -4.50. The van der Waals surface area contributed by atoms with E-state index in [0.717, 1.165) is 17.8 Å². The van der Waals surface area contributed by atoms with Gasteiger partial charge >= 0.3 is 6.18 Å². The lowest BCUT2D eigenvalue weighted by Gasteiger charge is -2.12. The Morgan fingerprint density at radius 1 is 1.36 bits per heavy atom. The number of hydrogen-bond donors (Lipinski definition) is 1. The lowest BCUT2D eigenvalue weighted by Crippen LogP contribution is -2.07. The minimum absolute atomic E-state index is 0.0694. The van der Waals surface area contributed by atoms with E-state index in [4.69, 9.17) is 5.11 Å². The highest BCUT2D eigenvalue weighted by molar-refractivity contribution is 7.99. The van der Waals surface area contributed by atoms with Crippen molar-refractivity contribution in [1.29, 1.82) is 0 Å². The molecule has 0 aliphatic heterocycles. The zero-order chi connectivity index (χ0) is 10.8. The molecule has 0 atom stereocenters. The van der Waals surface area contributed by atoms with Crippen LogP contribution in [0.15, 0.2) is 23.1 Å². The molecule has 1 N–H and O–H groups in total. The second-order valence-electron chi connectivity index (χ2n) is 2.58. The molecule has 1 aromatic rings. The smallest absolute Gasteiger partial charge is 0.421 e. The predicted molar refractivity (Wildman–Crippen MR) is 49.5 cm³/mol. The fraction of sp³-hybridized carbons (Fsp3) is 0.333. The molecule has 0 bridgehead atoms. The first-order valence-corrected chi connectivity index (χ1v) is 4.97. The minimum Gasteiger partial charge on any atom is -0.507 e. The van der Waals surface area contributed by atoms with Crippen LogP contribution >= 0.6 is 11.8 Å². The quantitative estimate of drug-likeness (QED) is 0.772. The molecule has 0 saturated carbocycles. The van der Waals surface area contributed by atoms with Crippen molar-refractivity contribution in [2.24, 2.45) is 0 Å². The fourth-order valence-corrected chi connectivity index (χ4v) is 1.93. The average Bonchev–Trinajstić information content (AvgIpc) is 2.02. The summed E-state index contributed by atoms with van der Waals surface area (Å²) in [6.07, 6.45) is -4.50. The first-order valence-electron chi connectivity index (χ1n) is 3.98. The second-order valence-corrected chi connectivity index (χ2v) is 3.89. The Morgan fingerprint density at radius 3 is 2.50 bits per heavy atom. The molecule has 1 rings (SSSR count). The zero-order valence-corrected chi connectivity index (χ0v) is 8.25. The summed E-state index contributed by atoms with van der Waals surface area (Å²) in [6, 6.07) is 3.81. The predicted octanol–water partition coefficient (Wildman–Crippen LogP) is 3.52. The van der Waals surface area contributed by atoms with Crippen LogP contribution in [0.3, 0.4) is 0 Å². The van der Waals surface area contributed by atoms with Crippen LogP contribution in [0, 0.1) is 0 Å². The van der Waals surface area contributed by atoms with Crippen LogP contribution in [0.1, 0.15) is 12.5 Å². The molecule has 1 aromatic carbocycles. The SMILES string of the molecule is CCSc1cccc(O)c1C(F)(F)F. The van der Waals surface area contributed by atoms with Gasteiger partial charge in [-0.2, -0.15) is 13.2 Å². The van der Waals surface area contributed by atoms with Crippen LogP contribution in [0.5, 0.6) is 5.75 Å². The van der Waals surface area contributed by atoms with Gasteiger partial charge in [-0.15, -0.1) is 11.8 Å². The molecule has 5 heteroatoms. The van der Waals surface area contributed by atoms with Crippen molar-refractivity contribution in [3.63, 3.8) is 0 Å². The molecule has 0 fully saturated rings. The van der Waals surface area contributed by atoms with E-state index in [9.17, 15) is 13.2 Å². The van der Waals surface area contributed by atoms with Gasteiger partial charge in [0.1, 0.15) is 11.3 Å². The van der Waals surface area contributed by atoms with Gasteiger partial charge in [0.15, 0.2) is 0 Å². The van der Waals surface area contributed by atoms with E-state index < -0.39 is 17.5 Å². The van der Waals surface area contributed by atoms with E-state index in [1.807, 2.05) is 0 Å². The topological polar surface area (TPSA) is 20.2 Å². The van der Waals surface area contributed by atoms with Crippen LogP contribution in [0.25, 0.3) is 0 Å². The third-order valence-corrected chi connectivity index (χ3v) is 2.53. The fourth-order valence-electron chi connectivity index (χ4n) is 1.08. The zero-order valence-electron chi connectivity index (χ0n) is 7.43. The van der Waals surface area contributed by atoms with Crippen LogP contribution in [0.4, 0.5) is 13.2 Å². The molecule has 0 aliphatic rings. The van der Waals surface area contributed by atoms with E-state index in [-0.39, 0.29) is 4.90 Å². The van der Waals surface area contributed by atoms with E-state index in [0.29, 0.717) is 5.75 Å². The molecular formula is C9H9F3OS. The number of aromatic hydroxyl groups is 1. The highest BCUT2D eigenvalue weighted by atomic mass is 32.2. The Balaban J connectivity index is 3.22. The van der Waals surface area contributed by atoms with E-state index in [2.05, 4.69) is 0 Å². The van der Waals surface area contributed by atoms with Gasteiger partial charge in [0, 0.05) is 4.90 Å². The molecule has 0 unspecified atom stereocenters. The Hall–Kier alpha value is -0.840. The molecule has 0 aromatic heterocycles. The number of phenols is 1. The highest BCUT2D eigenvalue weighted by Crippen LogP contribution is 2.41. The van der Waals surface area contributed by atoms with E-state index in [1.165, 1.54) is 12.1 Å². The van der Waals surface area contributed by atoms with Crippen LogP contribution in [-0.2, 0) is 6.18 Å². The monoisotopic (exact) mass is 222 g/mol. The molecule has 14 heavy (non-hydrogen) atoms. The van der Waals surface area contributed by atoms with Gasteiger partial charge < -0.3 is 5.11 Å². The molecular weight excluding hydrogens is 213 g/mol.